The minimum Gasteiger partial charge on any atom is -0.507 e. The van der Waals surface area contributed by atoms with Gasteiger partial charge in [0.15, 0.2) is 34.5 Å². The number of aromatic hydroxyl groups is 1. The number of aliphatic hydroxyl groups excluding tert-OH is 2. The molecule has 7 aromatic rings. The van der Waals surface area contributed by atoms with E-state index in [9.17, 15) is 34.2 Å². The number of aliphatic imine (C=N–C) groups is 3. The maximum Gasteiger partial charge on any atom is 0.266 e. The van der Waals surface area contributed by atoms with Gasteiger partial charge in [0.1, 0.15) is 5.75 Å². The molecule has 2 saturated heterocycles. The molecular weight excluding hydrogens is 1260 g/mol. The van der Waals surface area contributed by atoms with Crippen molar-refractivity contribution in [1.29, 1.82) is 0 Å². The normalized spacial score (nSPS) is 21.1. The summed E-state index contributed by atoms with van der Waals surface area (Å²) in [4.78, 5) is 87.7. The van der Waals surface area contributed by atoms with Gasteiger partial charge in [-0.05, 0) is 156 Å². The van der Waals surface area contributed by atoms with E-state index in [0.717, 1.165) is 84.0 Å². The van der Waals surface area contributed by atoms with E-state index in [1.807, 2.05) is 168 Å². The van der Waals surface area contributed by atoms with E-state index in [4.69, 9.17) is 55.2 Å². The Kier molecular flexibility index (Phi) is 20.4. The highest BCUT2D eigenvalue weighted by Gasteiger charge is 2.58. The fourth-order valence-electron chi connectivity index (χ4n) is 13.6. The van der Waals surface area contributed by atoms with Crippen molar-refractivity contribution in [2.75, 3.05) is 53.0 Å². The quantitative estimate of drug-likeness (QED) is 0.0498. The van der Waals surface area contributed by atoms with E-state index < -0.39 is 29.3 Å². The van der Waals surface area contributed by atoms with Crippen molar-refractivity contribution < 1.29 is 44.0 Å². The Morgan fingerprint density at radius 2 is 1.22 bits per heavy atom. The summed E-state index contributed by atoms with van der Waals surface area (Å²) in [6.45, 7) is 6.17. The number of phenolic OH excluding ortho intramolecular Hbond substituents is 1. The van der Waals surface area contributed by atoms with Gasteiger partial charge in [0.2, 0.25) is 5.91 Å². The molecule has 498 valence electrons. The largest absolute Gasteiger partial charge is 0.507 e. The molecule has 1 aliphatic carbocycles. The molecule has 5 heterocycles. The molecule has 0 spiro atoms. The summed E-state index contributed by atoms with van der Waals surface area (Å²) >= 11 is 12.2. The van der Waals surface area contributed by atoms with Crippen LogP contribution in [-0.4, -0.2) is 152 Å². The van der Waals surface area contributed by atoms with Gasteiger partial charge < -0.3 is 47.1 Å². The highest BCUT2D eigenvalue weighted by molar-refractivity contribution is 6.31. The topological polar surface area (TPSA) is 287 Å². The molecule has 3 unspecified atom stereocenters. The number of hydrogen-bond donors (Lipinski definition) is 6. The van der Waals surface area contributed by atoms with E-state index in [1.165, 1.54) is 9.80 Å². The molecule has 5 aliphatic heterocycles. The summed E-state index contributed by atoms with van der Waals surface area (Å²) < 4.78 is 5.31. The molecule has 7 aromatic carbocycles. The second kappa shape index (κ2) is 28.9. The highest BCUT2D eigenvalue weighted by Crippen LogP contribution is 2.52. The lowest BCUT2D eigenvalue weighted by Crippen LogP contribution is -2.47. The van der Waals surface area contributed by atoms with Crippen LogP contribution >= 0.6 is 23.2 Å². The maximum atomic E-state index is 14.0. The number of phenols is 1. The van der Waals surface area contributed by atoms with Crippen LogP contribution in [-0.2, 0) is 47.1 Å². The van der Waals surface area contributed by atoms with Crippen molar-refractivity contribution >= 4 is 70.6 Å². The van der Waals surface area contributed by atoms with Crippen molar-refractivity contribution in [1.82, 2.24) is 24.5 Å². The highest BCUT2D eigenvalue weighted by atomic mass is 35.5. The lowest BCUT2D eigenvalue weighted by molar-refractivity contribution is -0.133. The zero-order valence-corrected chi connectivity index (χ0v) is 55.3. The number of guanidine groups is 3. The van der Waals surface area contributed by atoms with E-state index >= 15 is 0 Å². The average molecular weight is 1340 g/mol. The first-order chi connectivity index (χ1) is 46.2. The third-order valence-corrected chi connectivity index (χ3v) is 19.3. The Balaban J connectivity index is 0.000000147. The van der Waals surface area contributed by atoms with Crippen LogP contribution in [0.2, 0.25) is 10.0 Å². The van der Waals surface area contributed by atoms with E-state index in [-0.39, 0.29) is 84.1 Å². The van der Waals surface area contributed by atoms with Crippen LogP contribution in [0.4, 0.5) is 0 Å². The van der Waals surface area contributed by atoms with Crippen molar-refractivity contribution in [3.05, 3.63) is 219 Å². The Morgan fingerprint density at radius 1 is 0.625 bits per heavy atom. The van der Waals surface area contributed by atoms with Gasteiger partial charge in [-0.3, -0.25) is 38.7 Å². The zero-order valence-electron chi connectivity index (χ0n) is 53.8. The van der Waals surface area contributed by atoms with Crippen LogP contribution in [0.25, 0.3) is 22.3 Å². The molecule has 9 N–H and O–H groups in total. The van der Waals surface area contributed by atoms with Crippen molar-refractivity contribution in [3.63, 3.8) is 0 Å². The average Bonchev–Trinajstić information content (AvgIpc) is 1.57. The maximum absolute atomic E-state index is 14.0. The Hall–Kier alpha value is -9.44. The predicted molar refractivity (Wildman–Crippen MR) is 370 cm³/mol. The van der Waals surface area contributed by atoms with Crippen molar-refractivity contribution in [3.8, 4) is 28.0 Å². The number of piperidine rings is 1. The number of β-amino-alcohol motifs (C(OH)–C–C–N with tert-alkyl or cyclic N) is 1. The van der Waals surface area contributed by atoms with E-state index in [1.54, 1.807) is 44.1 Å². The van der Waals surface area contributed by atoms with Gasteiger partial charge >= 0.3 is 0 Å². The Bertz CT molecular complexity index is 4110. The number of halogens is 2. The molecule has 0 radical (unpaired) electrons. The number of amides is 5. The molecule has 96 heavy (non-hydrogen) atoms. The molecule has 13 rings (SSSR count). The van der Waals surface area contributed by atoms with Gasteiger partial charge in [-0.2, -0.15) is 0 Å². The number of aliphatic hydroxyl groups is 2. The van der Waals surface area contributed by atoms with Gasteiger partial charge in [-0.15, -0.1) is 0 Å². The first-order valence-electron chi connectivity index (χ1n) is 32.2. The lowest BCUT2D eigenvalue weighted by atomic mass is 9.83. The summed E-state index contributed by atoms with van der Waals surface area (Å²) in [5, 5.41) is 30.4. The fourth-order valence-corrected chi connectivity index (χ4v) is 13.9. The zero-order chi connectivity index (χ0) is 68.1. The van der Waals surface area contributed by atoms with Crippen molar-refractivity contribution in [2.24, 2.45) is 44.0 Å². The number of hydrogen-bond acceptors (Lipinski definition) is 15. The Labute approximate surface area is 568 Å². The summed E-state index contributed by atoms with van der Waals surface area (Å²) in [7, 11) is 1.66. The molecule has 0 bridgehead atoms. The van der Waals surface area contributed by atoms with E-state index in [2.05, 4.69) is 9.98 Å². The first-order valence-corrected chi connectivity index (χ1v) is 33.0. The molecule has 5 amide bonds. The van der Waals surface area contributed by atoms with Crippen molar-refractivity contribution in [2.45, 2.75) is 87.7 Å². The lowest BCUT2D eigenvalue weighted by Gasteiger charge is -2.33. The van der Waals surface area contributed by atoms with Gasteiger partial charge in [-0.25, -0.2) is 15.0 Å². The van der Waals surface area contributed by atoms with Crippen LogP contribution in [0.1, 0.15) is 90.5 Å². The van der Waals surface area contributed by atoms with Gasteiger partial charge in [0.25, 0.3) is 23.6 Å². The van der Waals surface area contributed by atoms with Crippen LogP contribution < -0.4 is 17.2 Å². The minimum atomic E-state index is -1.25. The summed E-state index contributed by atoms with van der Waals surface area (Å²) in [6.07, 6.45) is 4.28. The third kappa shape index (κ3) is 13.8. The SMILES string of the molecule is CC(=O)N1CCC(CN2C(=O)C(C)(c3cccc(-c4cc(Cl)ccc4O)c3)N=C2N)CC1.COC[C@H]1CCCN1C(=O)c1cccc(CN2C(=O)C(c3ccccc3)(c3ccccc3)N=C2N)c1.NC1=NC(c2cccc(-c3cccc(Cl)c3)c2)(C2CC2)C(=O)N1CC(O)CO. The Morgan fingerprint density at radius 3 is 1.86 bits per heavy atom. The van der Waals surface area contributed by atoms with Crippen LogP contribution in [0.5, 0.6) is 5.75 Å². The van der Waals surface area contributed by atoms with Gasteiger partial charge in [-0.1, -0.05) is 145 Å². The number of nitrogens with zero attached hydrogens (tertiary/aromatic N) is 8. The second-order valence-corrected chi connectivity index (χ2v) is 26.1. The molecule has 20 nitrogen and oxygen atoms in total. The summed E-state index contributed by atoms with van der Waals surface area (Å²) in [5.41, 5.74) is 22.8. The number of nitrogens with two attached hydrogens (primary N) is 3. The standard InChI is InChI=1S/C29H30N4O3.C24H27ClN4O3.C21H22ClN3O3/c1-36-20-25-16-9-17-32(25)26(34)22-11-8-10-21(18-22)19-33-27(35)29(31-28(33)30,23-12-4-2-5-13-23)24-14-6-3-7-15-24;1-15(30)28-10-8-16(9-11-28)14-29-22(32)24(2,27-23(29)26)18-5-3-4-17(12-18)20-13-19(25)6-7-21(20)31;22-17-6-2-4-14(10-17)13-3-1-5-16(9-13)21(15-7-8-15)19(28)25(20(23)24-21)11-18(27)12-26/h2-8,10-15,18,25H,9,16-17,19-20H2,1H3,(H2,30,31);3-7,12-13,16,31H,8-11,14H2,1-2H3,(H2,26,27);1-6,9-10,15,18,26-27H,7-8,11-12H2,(H2,23,24)/t25-;;/m1../s1. The molecule has 4 atom stereocenters. The van der Waals surface area contributed by atoms with Crippen LogP contribution in [0.15, 0.2) is 191 Å². The minimum absolute atomic E-state index is 0.0197. The smallest absolute Gasteiger partial charge is 0.266 e. The first kappa shape index (κ1) is 68.0. The molecule has 22 heteroatoms. The number of carbonyl (C=O) groups excluding carboxylic acids is 5. The van der Waals surface area contributed by atoms with E-state index in [0.29, 0.717) is 53.0 Å². The molecule has 6 aliphatic rings. The number of rotatable bonds is 17. The number of likely N-dealkylation sites (tertiary alicyclic amines) is 2. The number of methoxy groups -OCH3 is 1. The summed E-state index contributed by atoms with van der Waals surface area (Å²) in [5.74, 6) is 0.326. The van der Waals surface area contributed by atoms with Crippen LogP contribution in [0.3, 0.4) is 0 Å². The van der Waals surface area contributed by atoms with Gasteiger partial charge in [0.05, 0.1) is 38.4 Å². The number of benzene rings is 7. The summed E-state index contributed by atoms with van der Waals surface area (Å²) in [6, 6.07) is 54.0. The second-order valence-electron chi connectivity index (χ2n) is 25.3. The van der Waals surface area contributed by atoms with Crippen LogP contribution in [0, 0.1) is 11.8 Å². The molecule has 0 aromatic heterocycles. The third-order valence-electron chi connectivity index (χ3n) is 18.9. The number of carbonyl (C=O) groups is 5. The molecular formula is C74H79Cl2N11O9. The monoisotopic (exact) mass is 1340 g/mol. The molecule has 1 saturated carbocycles. The fraction of sp³-hybridized carbons (Fsp3) is 0.324. The number of ether oxygens (including phenoxy) is 1. The van der Waals surface area contributed by atoms with Gasteiger partial charge in [0, 0.05) is 61.4 Å². The molecule has 3 fully saturated rings. The predicted octanol–water partition coefficient (Wildman–Crippen LogP) is 9.00.